The maximum atomic E-state index is 12.6. The van der Waals surface area contributed by atoms with Crippen LogP contribution >= 0.6 is 0 Å². The van der Waals surface area contributed by atoms with Crippen LogP contribution < -0.4 is 20.5 Å². The highest BCUT2D eigenvalue weighted by Gasteiger charge is 2.37. The molecule has 2 aliphatic rings. The van der Waals surface area contributed by atoms with Gasteiger partial charge in [0.2, 0.25) is 5.91 Å². The van der Waals surface area contributed by atoms with Crippen LogP contribution in [0.2, 0.25) is 0 Å². The van der Waals surface area contributed by atoms with E-state index in [0.29, 0.717) is 6.54 Å². The first kappa shape index (κ1) is 20.0. The van der Waals surface area contributed by atoms with E-state index in [9.17, 15) is 4.79 Å². The topological polar surface area (TPSA) is 76.8 Å². The Bertz CT molecular complexity index is 675. The lowest BCUT2D eigenvalue weighted by Crippen LogP contribution is -2.53. The quantitative estimate of drug-likeness (QED) is 0.796. The van der Waals surface area contributed by atoms with Gasteiger partial charge in [-0.1, -0.05) is 12.8 Å². The molecule has 2 unspecified atom stereocenters. The van der Waals surface area contributed by atoms with Gasteiger partial charge in [0.15, 0.2) is 11.5 Å². The molecule has 3 N–H and O–H groups in total. The summed E-state index contributed by atoms with van der Waals surface area (Å²) in [6.07, 6.45) is 5.03. The molecular weight excluding hydrogens is 342 g/mol. The Kier molecular flexibility index (Phi) is 6.27. The molecule has 1 aromatic carbocycles. The Morgan fingerprint density at radius 3 is 2.63 bits per heavy atom. The van der Waals surface area contributed by atoms with Gasteiger partial charge in [-0.3, -0.25) is 9.69 Å². The van der Waals surface area contributed by atoms with Crippen LogP contribution in [0.15, 0.2) is 12.1 Å². The number of rotatable bonds is 6. The molecule has 1 aromatic rings. The number of hydrogen-bond donors (Lipinski definition) is 2. The van der Waals surface area contributed by atoms with Crippen LogP contribution in [0.5, 0.6) is 11.5 Å². The highest BCUT2D eigenvalue weighted by atomic mass is 16.5. The zero-order valence-corrected chi connectivity index (χ0v) is 16.8. The van der Waals surface area contributed by atoms with Gasteiger partial charge in [-0.25, -0.2) is 0 Å². The minimum atomic E-state index is -0.373. The fraction of sp³-hybridized carbons (Fsp3) is 0.667. The number of nitrogens with two attached hydrogens (primary N) is 1. The molecule has 150 valence electrons. The molecular formula is C21H33N3O3. The molecule has 27 heavy (non-hydrogen) atoms. The number of hydrogen-bond acceptors (Lipinski definition) is 5. The van der Waals surface area contributed by atoms with E-state index < -0.39 is 0 Å². The van der Waals surface area contributed by atoms with Gasteiger partial charge in [0.25, 0.3) is 0 Å². The summed E-state index contributed by atoms with van der Waals surface area (Å²) in [6, 6.07) is 4.15. The smallest absolute Gasteiger partial charge is 0.225 e. The van der Waals surface area contributed by atoms with Gasteiger partial charge in [0, 0.05) is 31.7 Å². The molecule has 0 bridgehead atoms. The molecule has 0 saturated heterocycles. The summed E-state index contributed by atoms with van der Waals surface area (Å²) in [7, 11) is 3.33. The predicted octanol–water partition coefficient (Wildman–Crippen LogP) is 2.09. The second-order valence-electron chi connectivity index (χ2n) is 8.10. The van der Waals surface area contributed by atoms with Crippen molar-refractivity contribution in [3.05, 3.63) is 23.3 Å². The zero-order valence-electron chi connectivity index (χ0n) is 16.8. The fourth-order valence-electron chi connectivity index (χ4n) is 4.38. The van der Waals surface area contributed by atoms with Gasteiger partial charge in [-0.05, 0) is 49.4 Å². The van der Waals surface area contributed by atoms with E-state index in [1.165, 1.54) is 11.1 Å². The summed E-state index contributed by atoms with van der Waals surface area (Å²) in [5, 5.41) is 3.11. The standard InChI is InChI=1S/C21H33N3O3/c1-21(22)8-5-4-6-17(21)20(25)23-9-11-24-10-7-15-12-18(26-2)19(27-3)13-16(15)14-24/h12-13,17H,4-11,14,22H2,1-3H3,(H,23,25). The highest BCUT2D eigenvalue weighted by Crippen LogP contribution is 2.33. The number of carbonyl (C=O) groups is 1. The summed E-state index contributed by atoms with van der Waals surface area (Å²) in [4.78, 5) is 14.9. The molecule has 2 atom stereocenters. The van der Waals surface area contributed by atoms with Crippen molar-refractivity contribution in [3.63, 3.8) is 0 Å². The molecule has 0 aromatic heterocycles. The van der Waals surface area contributed by atoms with Crippen molar-refractivity contribution in [2.75, 3.05) is 33.9 Å². The van der Waals surface area contributed by atoms with Crippen molar-refractivity contribution in [3.8, 4) is 11.5 Å². The largest absolute Gasteiger partial charge is 0.493 e. The van der Waals surface area contributed by atoms with Gasteiger partial charge in [0.05, 0.1) is 20.1 Å². The van der Waals surface area contributed by atoms with E-state index in [4.69, 9.17) is 15.2 Å². The first-order valence-electron chi connectivity index (χ1n) is 9.97. The highest BCUT2D eigenvalue weighted by molar-refractivity contribution is 5.80. The molecule has 6 heteroatoms. The van der Waals surface area contributed by atoms with Crippen molar-refractivity contribution in [1.29, 1.82) is 0 Å². The summed E-state index contributed by atoms with van der Waals surface area (Å²) in [6.45, 7) is 5.36. The van der Waals surface area contributed by atoms with Gasteiger partial charge in [-0.15, -0.1) is 0 Å². The lowest BCUT2D eigenvalue weighted by molar-refractivity contribution is -0.128. The molecule has 0 radical (unpaired) electrons. The molecule has 6 nitrogen and oxygen atoms in total. The second kappa shape index (κ2) is 8.48. The Labute approximate surface area is 162 Å². The number of carbonyl (C=O) groups excluding carboxylic acids is 1. The van der Waals surface area contributed by atoms with E-state index in [1.54, 1.807) is 14.2 Å². The van der Waals surface area contributed by atoms with Gasteiger partial charge in [-0.2, -0.15) is 0 Å². The number of nitrogens with one attached hydrogen (secondary N) is 1. The number of benzene rings is 1. The summed E-state index contributed by atoms with van der Waals surface area (Å²) in [5.74, 6) is 1.61. The maximum Gasteiger partial charge on any atom is 0.225 e. The van der Waals surface area contributed by atoms with Crippen molar-refractivity contribution in [2.24, 2.45) is 11.7 Å². The second-order valence-corrected chi connectivity index (χ2v) is 8.10. The van der Waals surface area contributed by atoms with Crippen LogP contribution in [0.1, 0.15) is 43.7 Å². The number of ether oxygens (including phenoxy) is 2. The molecule has 1 amide bonds. The van der Waals surface area contributed by atoms with E-state index >= 15 is 0 Å². The Hall–Kier alpha value is -1.79. The van der Waals surface area contributed by atoms with E-state index in [0.717, 1.165) is 63.2 Å². The van der Waals surface area contributed by atoms with Crippen LogP contribution in [0.4, 0.5) is 0 Å². The summed E-state index contributed by atoms with van der Waals surface area (Å²) < 4.78 is 10.8. The van der Waals surface area contributed by atoms with Crippen LogP contribution in [-0.4, -0.2) is 50.2 Å². The SMILES string of the molecule is COc1cc2c(cc1OC)CN(CCNC(=O)C1CCCCC1(C)N)CC2. The number of amides is 1. The molecule has 1 heterocycles. The third-order valence-electron chi connectivity index (χ3n) is 6.10. The maximum absolute atomic E-state index is 12.6. The molecule has 1 aliphatic heterocycles. The molecule has 1 aliphatic carbocycles. The minimum Gasteiger partial charge on any atom is -0.493 e. The lowest BCUT2D eigenvalue weighted by Gasteiger charge is -2.37. The predicted molar refractivity (Wildman–Crippen MR) is 106 cm³/mol. The minimum absolute atomic E-state index is 0.0648. The van der Waals surface area contributed by atoms with E-state index in [1.807, 2.05) is 6.92 Å². The van der Waals surface area contributed by atoms with Gasteiger partial charge >= 0.3 is 0 Å². The van der Waals surface area contributed by atoms with Gasteiger partial charge in [0.1, 0.15) is 0 Å². The average molecular weight is 376 g/mol. The zero-order chi connectivity index (χ0) is 19.4. The Morgan fingerprint density at radius 1 is 1.26 bits per heavy atom. The first-order chi connectivity index (χ1) is 12.9. The monoisotopic (exact) mass is 375 g/mol. The number of fused-ring (bicyclic) bond motifs is 1. The molecule has 3 rings (SSSR count). The normalized spacial score (nSPS) is 25.6. The summed E-state index contributed by atoms with van der Waals surface area (Å²) >= 11 is 0. The van der Waals surface area contributed by atoms with Crippen molar-refractivity contribution < 1.29 is 14.3 Å². The van der Waals surface area contributed by atoms with E-state index in [2.05, 4.69) is 22.3 Å². The van der Waals surface area contributed by atoms with E-state index in [-0.39, 0.29) is 17.4 Å². The molecule has 1 saturated carbocycles. The van der Waals surface area contributed by atoms with Crippen LogP contribution in [0.3, 0.4) is 0 Å². The fourth-order valence-corrected chi connectivity index (χ4v) is 4.38. The first-order valence-corrected chi connectivity index (χ1v) is 9.97. The third-order valence-corrected chi connectivity index (χ3v) is 6.10. The number of nitrogens with zero attached hydrogens (tertiary/aromatic N) is 1. The average Bonchev–Trinajstić information content (AvgIpc) is 2.66. The summed E-state index contributed by atoms with van der Waals surface area (Å²) in [5.41, 5.74) is 8.56. The van der Waals surface area contributed by atoms with Crippen molar-refractivity contribution in [2.45, 2.75) is 51.1 Å². The van der Waals surface area contributed by atoms with Crippen LogP contribution in [0.25, 0.3) is 0 Å². The van der Waals surface area contributed by atoms with Crippen LogP contribution in [0, 0.1) is 5.92 Å². The molecule has 0 spiro atoms. The van der Waals surface area contributed by atoms with Crippen LogP contribution in [-0.2, 0) is 17.8 Å². The van der Waals surface area contributed by atoms with Crippen molar-refractivity contribution in [1.82, 2.24) is 10.2 Å². The van der Waals surface area contributed by atoms with Crippen molar-refractivity contribution >= 4 is 5.91 Å². The number of methoxy groups -OCH3 is 2. The Balaban J connectivity index is 1.52. The third kappa shape index (κ3) is 4.55. The van der Waals surface area contributed by atoms with Gasteiger partial charge < -0.3 is 20.5 Å². The Morgan fingerprint density at radius 2 is 1.96 bits per heavy atom. The lowest BCUT2D eigenvalue weighted by atomic mass is 9.74. The molecule has 1 fully saturated rings.